The summed E-state index contributed by atoms with van der Waals surface area (Å²) in [6, 6.07) is 7.02. The summed E-state index contributed by atoms with van der Waals surface area (Å²) in [5, 5.41) is 2.58. The van der Waals surface area contributed by atoms with E-state index >= 15 is 0 Å². The molecule has 0 saturated carbocycles. The zero-order chi connectivity index (χ0) is 20.5. The molecule has 1 atom stereocenters. The van der Waals surface area contributed by atoms with Crippen LogP contribution in [-0.4, -0.2) is 34.7 Å². The van der Waals surface area contributed by atoms with Crippen LogP contribution in [-0.2, 0) is 13.2 Å². The fourth-order valence-corrected chi connectivity index (χ4v) is 2.95. The van der Waals surface area contributed by atoms with Gasteiger partial charge in [0.1, 0.15) is 11.9 Å². The number of alkyl halides is 3. The Hall–Kier alpha value is -2.97. The summed E-state index contributed by atoms with van der Waals surface area (Å²) in [6.45, 7) is 2.56. The fourth-order valence-electron chi connectivity index (χ4n) is 2.95. The molecular weight excluding hydrogens is 375 g/mol. The molecule has 2 heterocycles. The highest BCUT2D eigenvalue weighted by atomic mass is 19.4. The van der Waals surface area contributed by atoms with Gasteiger partial charge in [0, 0.05) is 37.5 Å². The smallest absolute Gasteiger partial charge is 0.416 e. The number of aryl methyl sites for hydroxylation is 1. The van der Waals surface area contributed by atoms with E-state index in [0.717, 1.165) is 17.8 Å². The highest BCUT2D eigenvalue weighted by Crippen LogP contribution is 2.30. The van der Waals surface area contributed by atoms with Gasteiger partial charge in [-0.3, -0.25) is 4.79 Å². The second kappa shape index (κ2) is 7.57. The van der Waals surface area contributed by atoms with Crippen LogP contribution in [0.3, 0.4) is 0 Å². The first-order chi connectivity index (χ1) is 13.1. The van der Waals surface area contributed by atoms with Gasteiger partial charge in [-0.1, -0.05) is 0 Å². The molecule has 1 fully saturated rings. The number of urea groups is 1. The van der Waals surface area contributed by atoms with Crippen LogP contribution >= 0.6 is 0 Å². The summed E-state index contributed by atoms with van der Waals surface area (Å²) in [6.07, 6.45) is -4.09. The average Bonchev–Trinajstić information content (AvgIpc) is 3.08. The number of pyridine rings is 1. The zero-order valence-electron chi connectivity index (χ0n) is 15.4. The van der Waals surface area contributed by atoms with E-state index in [9.17, 15) is 22.8 Å². The Morgan fingerprint density at radius 1 is 1.21 bits per heavy atom. The lowest BCUT2D eigenvalue weighted by Gasteiger charge is -2.18. The molecule has 6 nitrogen and oxygen atoms in total. The number of benzene rings is 1. The van der Waals surface area contributed by atoms with Gasteiger partial charge in [0.25, 0.3) is 5.56 Å². The minimum absolute atomic E-state index is 0.176. The molecule has 1 aromatic carbocycles. The number of nitrogens with one attached hydrogen (secondary N) is 1. The highest BCUT2D eigenvalue weighted by Gasteiger charge is 2.31. The van der Waals surface area contributed by atoms with Crippen LogP contribution in [0.1, 0.15) is 17.7 Å². The summed E-state index contributed by atoms with van der Waals surface area (Å²) >= 11 is 0. The Balaban J connectivity index is 1.57. The topological polar surface area (TPSA) is 63.6 Å². The van der Waals surface area contributed by atoms with Crippen LogP contribution < -0.4 is 15.6 Å². The number of hydrogen-bond acceptors (Lipinski definition) is 3. The minimum atomic E-state index is -4.42. The largest absolute Gasteiger partial charge is 0.488 e. The van der Waals surface area contributed by atoms with E-state index in [0.29, 0.717) is 25.3 Å². The monoisotopic (exact) mass is 395 g/mol. The van der Waals surface area contributed by atoms with Gasteiger partial charge in [-0.15, -0.1) is 0 Å². The van der Waals surface area contributed by atoms with Crippen LogP contribution in [0.4, 0.5) is 23.7 Å². The highest BCUT2D eigenvalue weighted by molar-refractivity contribution is 5.89. The third-order valence-corrected chi connectivity index (χ3v) is 4.67. The average molecular weight is 395 g/mol. The number of carbonyl (C=O) groups is 1. The standard InChI is InChI=1S/C19H20F3N3O3/c1-12-9-16(10-17(26)24(12)2)28-15-7-8-25(11-15)18(27)23-14-5-3-13(4-6-14)19(20,21)22/h3-6,9-10,15H,7-8,11H2,1-2H3,(H,23,27). The van der Waals surface area contributed by atoms with Gasteiger partial charge in [0.05, 0.1) is 12.1 Å². The van der Waals surface area contributed by atoms with Crippen molar-refractivity contribution >= 4 is 11.7 Å². The molecule has 0 spiro atoms. The van der Waals surface area contributed by atoms with Crippen molar-refractivity contribution in [3.05, 3.63) is 58.0 Å². The Kier molecular flexibility index (Phi) is 5.35. The maximum atomic E-state index is 12.6. The predicted molar refractivity (Wildman–Crippen MR) is 97.5 cm³/mol. The lowest BCUT2D eigenvalue weighted by molar-refractivity contribution is -0.137. The lowest BCUT2D eigenvalue weighted by atomic mass is 10.2. The number of aromatic nitrogens is 1. The van der Waals surface area contributed by atoms with Crippen molar-refractivity contribution in [3.63, 3.8) is 0 Å². The summed E-state index contributed by atoms with van der Waals surface area (Å²) in [7, 11) is 1.67. The summed E-state index contributed by atoms with van der Waals surface area (Å²) < 4.78 is 45.1. The van der Waals surface area contributed by atoms with Gasteiger partial charge in [0.15, 0.2) is 0 Å². The van der Waals surface area contributed by atoms with E-state index < -0.39 is 17.8 Å². The van der Waals surface area contributed by atoms with Gasteiger partial charge in [-0.2, -0.15) is 13.2 Å². The second-order valence-electron chi connectivity index (χ2n) is 6.71. The Morgan fingerprint density at radius 2 is 1.89 bits per heavy atom. The molecule has 1 aromatic heterocycles. The van der Waals surface area contributed by atoms with E-state index in [1.54, 1.807) is 20.0 Å². The SMILES string of the molecule is Cc1cc(OC2CCN(C(=O)Nc3ccc(C(F)(F)F)cc3)C2)cc(=O)n1C. The molecular formula is C19H20F3N3O3. The molecule has 1 saturated heterocycles. The first-order valence-corrected chi connectivity index (χ1v) is 8.71. The number of anilines is 1. The third-order valence-electron chi connectivity index (χ3n) is 4.67. The molecule has 3 rings (SSSR count). The molecule has 28 heavy (non-hydrogen) atoms. The Morgan fingerprint density at radius 3 is 2.50 bits per heavy atom. The molecule has 2 aromatic rings. The van der Waals surface area contributed by atoms with Crippen molar-refractivity contribution in [2.24, 2.45) is 7.05 Å². The molecule has 150 valence electrons. The lowest BCUT2D eigenvalue weighted by Crippen LogP contribution is -2.34. The Labute approximate surface area is 159 Å². The first kappa shape index (κ1) is 19.8. The third kappa shape index (κ3) is 4.47. The maximum Gasteiger partial charge on any atom is 0.416 e. The maximum absolute atomic E-state index is 12.6. The van der Waals surface area contributed by atoms with Crippen molar-refractivity contribution in [1.82, 2.24) is 9.47 Å². The molecule has 1 aliphatic heterocycles. The quantitative estimate of drug-likeness (QED) is 0.867. The van der Waals surface area contributed by atoms with Crippen LogP contribution in [0.15, 0.2) is 41.2 Å². The number of halogens is 3. The minimum Gasteiger partial charge on any atom is -0.488 e. The van der Waals surface area contributed by atoms with Crippen molar-refractivity contribution in [2.45, 2.75) is 25.6 Å². The molecule has 0 aliphatic carbocycles. The number of rotatable bonds is 3. The number of carbonyl (C=O) groups excluding carboxylic acids is 1. The number of likely N-dealkylation sites (tertiary alicyclic amines) is 1. The second-order valence-corrected chi connectivity index (χ2v) is 6.71. The molecule has 0 radical (unpaired) electrons. The molecule has 1 unspecified atom stereocenters. The van der Waals surface area contributed by atoms with E-state index in [1.807, 2.05) is 0 Å². The van der Waals surface area contributed by atoms with E-state index in [1.165, 1.54) is 27.7 Å². The number of nitrogens with zero attached hydrogens (tertiary/aromatic N) is 2. The fraction of sp³-hybridized carbons (Fsp3) is 0.368. The van der Waals surface area contributed by atoms with Gasteiger partial charge in [-0.25, -0.2) is 4.79 Å². The van der Waals surface area contributed by atoms with Gasteiger partial charge >= 0.3 is 12.2 Å². The number of hydrogen-bond donors (Lipinski definition) is 1. The molecule has 0 bridgehead atoms. The summed E-state index contributed by atoms with van der Waals surface area (Å²) in [5.74, 6) is 0.454. The van der Waals surface area contributed by atoms with Crippen molar-refractivity contribution in [2.75, 3.05) is 18.4 Å². The summed E-state index contributed by atoms with van der Waals surface area (Å²) in [5.41, 5.74) is 0.0938. The molecule has 9 heteroatoms. The van der Waals surface area contributed by atoms with Crippen LogP contribution in [0.25, 0.3) is 0 Å². The summed E-state index contributed by atoms with van der Waals surface area (Å²) in [4.78, 5) is 25.7. The molecule has 1 N–H and O–H groups in total. The number of ether oxygens (including phenoxy) is 1. The Bertz CT molecular complexity index is 923. The van der Waals surface area contributed by atoms with E-state index in [2.05, 4.69) is 5.32 Å². The van der Waals surface area contributed by atoms with Crippen molar-refractivity contribution in [3.8, 4) is 5.75 Å². The van der Waals surface area contributed by atoms with Crippen LogP contribution in [0.2, 0.25) is 0 Å². The normalized spacial score (nSPS) is 16.9. The predicted octanol–water partition coefficient (Wildman–Crippen LogP) is 3.40. The molecule has 2 amide bonds. The number of amides is 2. The van der Waals surface area contributed by atoms with E-state index in [-0.39, 0.29) is 17.4 Å². The van der Waals surface area contributed by atoms with Crippen LogP contribution in [0, 0.1) is 6.92 Å². The van der Waals surface area contributed by atoms with Crippen molar-refractivity contribution < 1.29 is 22.7 Å². The van der Waals surface area contributed by atoms with Gasteiger partial charge < -0.3 is 19.5 Å². The van der Waals surface area contributed by atoms with Gasteiger partial charge in [0.2, 0.25) is 0 Å². The molecule has 1 aliphatic rings. The van der Waals surface area contributed by atoms with E-state index in [4.69, 9.17) is 4.74 Å². The van der Waals surface area contributed by atoms with Crippen molar-refractivity contribution in [1.29, 1.82) is 0 Å². The first-order valence-electron chi connectivity index (χ1n) is 8.71. The zero-order valence-corrected chi connectivity index (χ0v) is 15.4. The van der Waals surface area contributed by atoms with Crippen LogP contribution in [0.5, 0.6) is 5.75 Å². The van der Waals surface area contributed by atoms with Gasteiger partial charge in [-0.05, 0) is 37.3 Å².